The predicted molar refractivity (Wildman–Crippen MR) is 78.2 cm³/mol. The highest BCUT2D eigenvalue weighted by molar-refractivity contribution is 8.00. The van der Waals surface area contributed by atoms with Gasteiger partial charge in [-0.2, -0.15) is 11.8 Å². The zero-order valence-electron chi connectivity index (χ0n) is 10.9. The van der Waals surface area contributed by atoms with Crippen LogP contribution in [0.25, 0.3) is 0 Å². The van der Waals surface area contributed by atoms with Crippen LogP contribution < -0.4 is 10.1 Å². The zero-order chi connectivity index (χ0) is 13.7. The van der Waals surface area contributed by atoms with Gasteiger partial charge in [0.05, 0.1) is 17.6 Å². The lowest BCUT2D eigenvalue weighted by atomic mass is 10.2. The number of anilines is 1. The molecule has 0 aromatic heterocycles. The van der Waals surface area contributed by atoms with Gasteiger partial charge in [0.15, 0.2) is 0 Å². The molecular formula is C13H18N2O3S. The lowest BCUT2D eigenvalue weighted by Gasteiger charge is -2.12. The normalized spacial score (nSPS) is 18.3. The summed E-state index contributed by atoms with van der Waals surface area (Å²) in [5.41, 5.74) is 0.817. The van der Waals surface area contributed by atoms with Crippen molar-refractivity contribution in [1.29, 1.82) is 0 Å². The van der Waals surface area contributed by atoms with Gasteiger partial charge in [0.25, 0.3) is 5.69 Å². The summed E-state index contributed by atoms with van der Waals surface area (Å²) in [6, 6.07) is 4.83. The molecule has 0 bridgehead atoms. The Morgan fingerprint density at radius 2 is 2.37 bits per heavy atom. The third-order valence-electron chi connectivity index (χ3n) is 2.97. The van der Waals surface area contributed by atoms with Gasteiger partial charge in [-0.25, -0.2) is 0 Å². The molecule has 1 fully saturated rings. The zero-order valence-corrected chi connectivity index (χ0v) is 11.7. The number of rotatable bonds is 6. The monoisotopic (exact) mass is 282 g/mol. The van der Waals surface area contributed by atoms with Crippen LogP contribution in [0.3, 0.4) is 0 Å². The lowest BCUT2D eigenvalue weighted by Crippen LogP contribution is -2.13. The summed E-state index contributed by atoms with van der Waals surface area (Å²) in [6.45, 7) is 3.21. The van der Waals surface area contributed by atoms with E-state index in [9.17, 15) is 10.1 Å². The van der Waals surface area contributed by atoms with E-state index in [0.29, 0.717) is 17.6 Å². The fraction of sp³-hybridized carbons (Fsp3) is 0.538. The van der Waals surface area contributed by atoms with Crippen molar-refractivity contribution in [2.45, 2.75) is 25.0 Å². The van der Waals surface area contributed by atoms with Crippen LogP contribution in [0.4, 0.5) is 11.4 Å². The smallest absolute Gasteiger partial charge is 0.275 e. The van der Waals surface area contributed by atoms with Gasteiger partial charge < -0.3 is 10.1 Å². The minimum absolute atomic E-state index is 0.0625. The molecule has 0 amide bonds. The van der Waals surface area contributed by atoms with Crippen LogP contribution in [0, 0.1) is 10.1 Å². The molecule has 1 aliphatic heterocycles. The summed E-state index contributed by atoms with van der Waals surface area (Å²) in [5, 5.41) is 14.8. The van der Waals surface area contributed by atoms with Crippen molar-refractivity contribution in [3.05, 3.63) is 28.3 Å². The Labute approximate surface area is 116 Å². The second kappa shape index (κ2) is 6.65. The standard InChI is InChI=1S/C13H18N2O3S/c1-2-18-12-7-10(6-11(8-12)15(16)17)14-9-13-4-3-5-19-13/h6-8,13-14H,2-5,9H2,1H3. The maximum Gasteiger partial charge on any atom is 0.275 e. The van der Waals surface area contributed by atoms with Gasteiger partial charge in [-0.15, -0.1) is 0 Å². The van der Waals surface area contributed by atoms with E-state index in [4.69, 9.17) is 4.74 Å². The van der Waals surface area contributed by atoms with Crippen molar-refractivity contribution in [2.75, 3.05) is 24.2 Å². The summed E-state index contributed by atoms with van der Waals surface area (Å²) in [5.74, 6) is 1.75. The van der Waals surface area contributed by atoms with Crippen molar-refractivity contribution in [1.82, 2.24) is 0 Å². The quantitative estimate of drug-likeness (QED) is 0.640. The number of hydrogen-bond donors (Lipinski definition) is 1. The molecule has 0 saturated carbocycles. The molecule has 1 heterocycles. The number of non-ortho nitro benzene ring substituents is 1. The van der Waals surface area contributed by atoms with Crippen LogP contribution in [0.2, 0.25) is 0 Å². The molecule has 0 aliphatic carbocycles. The van der Waals surface area contributed by atoms with Crippen molar-refractivity contribution in [3.8, 4) is 5.75 Å². The van der Waals surface area contributed by atoms with Crippen molar-refractivity contribution < 1.29 is 9.66 Å². The molecule has 1 aromatic carbocycles. The molecule has 0 radical (unpaired) electrons. The average Bonchev–Trinajstić information content (AvgIpc) is 2.89. The van der Waals surface area contributed by atoms with Gasteiger partial charge in [0.2, 0.25) is 0 Å². The predicted octanol–water partition coefficient (Wildman–Crippen LogP) is 3.30. The minimum atomic E-state index is -0.391. The van der Waals surface area contributed by atoms with E-state index in [1.807, 2.05) is 24.8 Å². The van der Waals surface area contributed by atoms with Gasteiger partial charge in [-0.1, -0.05) is 0 Å². The minimum Gasteiger partial charge on any atom is -0.494 e. The van der Waals surface area contributed by atoms with Crippen LogP contribution in [-0.2, 0) is 0 Å². The highest BCUT2D eigenvalue weighted by Gasteiger charge is 2.16. The van der Waals surface area contributed by atoms with Crippen molar-refractivity contribution in [2.24, 2.45) is 0 Å². The largest absolute Gasteiger partial charge is 0.494 e. The van der Waals surface area contributed by atoms with Gasteiger partial charge in [0, 0.05) is 29.6 Å². The van der Waals surface area contributed by atoms with Crippen molar-refractivity contribution >= 4 is 23.1 Å². The molecule has 0 spiro atoms. The van der Waals surface area contributed by atoms with Gasteiger partial charge in [-0.3, -0.25) is 10.1 Å². The molecule has 1 N–H and O–H groups in total. The maximum absolute atomic E-state index is 10.9. The van der Waals surface area contributed by atoms with E-state index in [2.05, 4.69) is 5.32 Å². The first kappa shape index (κ1) is 14.0. The fourth-order valence-corrected chi connectivity index (χ4v) is 3.28. The number of nitrogens with one attached hydrogen (secondary N) is 1. The lowest BCUT2D eigenvalue weighted by molar-refractivity contribution is -0.384. The summed E-state index contributed by atoms with van der Waals surface area (Å²) < 4.78 is 5.36. The highest BCUT2D eigenvalue weighted by Crippen LogP contribution is 2.29. The van der Waals surface area contributed by atoms with Gasteiger partial charge in [0.1, 0.15) is 5.75 Å². The molecule has 1 aromatic rings. The first-order chi connectivity index (χ1) is 9.19. The Morgan fingerprint density at radius 3 is 3.00 bits per heavy atom. The van der Waals surface area contributed by atoms with E-state index in [-0.39, 0.29) is 5.69 Å². The van der Waals surface area contributed by atoms with E-state index >= 15 is 0 Å². The average molecular weight is 282 g/mol. The topological polar surface area (TPSA) is 64.4 Å². The second-order valence-electron chi connectivity index (χ2n) is 4.42. The maximum atomic E-state index is 10.9. The van der Waals surface area contributed by atoms with Gasteiger partial charge >= 0.3 is 0 Å². The highest BCUT2D eigenvalue weighted by atomic mass is 32.2. The molecule has 1 atom stereocenters. The third-order valence-corrected chi connectivity index (χ3v) is 4.37. The SMILES string of the molecule is CCOc1cc(NCC2CCCS2)cc([N+](=O)[O-])c1. The van der Waals surface area contributed by atoms with E-state index in [1.54, 1.807) is 6.07 Å². The summed E-state index contributed by atoms with van der Waals surface area (Å²) in [4.78, 5) is 10.5. The molecule has 19 heavy (non-hydrogen) atoms. The molecule has 1 aliphatic rings. The molecule has 2 rings (SSSR count). The number of benzene rings is 1. The van der Waals surface area contributed by atoms with Crippen LogP contribution in [0.5, 0.6) is 5.75 Å². The van der Waals surface area contributed by atoms with Gasteiger partial charge in [-0.05, 0) is 25.5 Å². The first-order valence-corrected chi connectivity index (χ1v) is 7.51. The van der Waals surface area contributed by atoms with Crippen LogP contribution in [0.15, 0.2) is 18.2 Å². The number of hydrogen-bond acceptors (Lipinski definition) is 5. The third kappa shape index (κ3) is 4.02. The van der Waals surface area contributed by atoms with Crippen LogP contribution in [-0.4, -0.2) is 29.1 Å². The number of nitrogens with zero attached hydrogens (tertiary/aromatic N) is 1. The molecule has 1 unspecified atom stereocenters. The summed E-state index contributed by atoms with van der Waals surface area (Å²) >= 11 is 1.96. The number of nitro groups is 1. The van der Waals surface area contributed by atoms with E-state index in [1.165, 1.54) is 24.7 Å². The molecule has 5 nitrogen and oxygen atoms in total. The molecule has 104 valence electrons. The Kier molecular flexibility index (Phi) is 4.90. The van der Waals surface area contributed by atoms with Crippen LogP contribution in [0.1, 0.15) is 19.8 Å². The second-order valence-corrected chi connectivity index (χ2v) is 5.83. The van der Waals surface area contributed by atoms with E-state index in [0.717, 1.165) is 12.2 Å². The van der Waals surface area contributed by atoms with Crippen LogP contribution >= 0.6 is 11.8 Å². The summed E-state index contributed by atoms with van der Waals surface area (Å²) in [6.07, 6.45) is 2.47. The Hall–Kier alpha value is -1.43. The van der Waals surface area contributed by atoms with E-state index < -0.39 is 4.92 Å². The summed E-state index contributed by atoms with van der Waals surface area (Å²) in [7, 11) is 0. The first-order valence-electron chi connectivity index (χ1n) is 6.47. The molecular weight excluding hydrogens is 264 g/mol. The number of ether oxygens (including phenoxy) is 1. The number of thioether (sulfide) groups is 1. The Morgan fingerprint density at radius 1 is 1.53 bits per heavy atom. The van der Waals surface area contributed by atoms with Crippen molar-refractivity contribution in [3.63, 3.8) is 0 Å². The fourth-order valence-electron chi connectivity index (χ4n) is 2.08. The molecule has 6 heteroatoms. The number of nitro benzene ring substituents is 1. The Balaban J connectivity index is 2.06. The molecule has 1 saturated heterocycles. The Bertz CT molecular complexity index is 448.